The Morgan fingerprint density at radius 3 is 2.48 bits per heavy atom. The van der Waals surface area contributed by atoms with Gasteiger partial charge in [0.25, 0.3) is 0 Å². The van der Waals surface area contributed by atoms with Crippen LogP contribution in [0.5, 0.6) is 0 Å². The molecule has 6 heteroatoms. The van der Waals surface area contributed by atoms with Gasteiger partial charge in [-0.05, 0) is 37.0 Å². The van der Waals surface area contributed by atoms with Crippen LogP contribution in [0.2, 0.25) is 0 Å². The van der Waals surface area contributed by atoms with E-state index >= 15 is 0 Å². The minimum absolute atomic E-state index is 0.325. The van der Waals surface area contributed by atoms with Crippen LogP contribution < -0.4 is 10.6 Å². The number of nitrogens with one attached hydrogen (secondary N) is 2. The van der Waals surface area contributed by atoms with Gasteiger partial charge in [-0.25, -0.2) is 9.59 Å². The first-order valence-corrected chi connectivity index (χ1v) is 6.95. The number of hydrogen-bond acceptors (Lipinski definition) is 3. The number of amides is 2. The van der Waals surface area contributed by atoms with E-state index in [0.717, 1.165) is 6.42 Å². The molecule has 2 amide bonds. The highest BCUT2D eigenvalue weighted by Gasteiger charge is 2.19. The summed E-state index contributed by atoms with van der Waals surface area (Å²) in [5.41, 5.74) is 1.80. The summed E-state index contributed by atoms with van der Waals surface area (Å²) in [6.07, 6.45) is 1.82. The molecule has 0 saturated carbocycles. The first-order valence-electron chi connectivity index (χ1n) is 6.95. The van der Waals surface area contributed by atoms with Crippen LogP contribution in [0.25, 0.3) is 0 Å². The number of carbonyl (C=O) groups is 2. The predicted molar refractivity (Wildman–Crippen MR) is 80.5 cm³/mol. The molecule has 0 aliphatic carbocycles. The van der Waals surface area contributed by atoms with E-state index < -0.39 is 18.0 Å². The molecule has 1 aromatic rings. The molecule has 1 rings (SSSR count). The van der Waals surface area contributed by atoms with E-state index in [1.807, 2.05) is 19.1 Å². The molecule has 6 nitrogen and oxygen atoms in total. The molecule has 0 aromatic heterocycles. The van der Waals surface area contributed by atoms with Crippen LogP contribution in [0, 0.1) is 0 Å². The van der Waals surface area contributed by atoms with Crippen molar-refractivity contribution in [3.63, 3.8) is 0 Å². The Hall–Kier alpha value is -2.08. The van der Waals surface area contributed by atoms with Gasteiger partial charge in [-0.1, -0.05) is 19.1 Å². The van der Waals surface area contributed by atoms with E-state index in [-0.39, 0.29) is 0 Å². The topological polar surface area (TPSA) is 87.7 Å². The first kappa shape index (κ1) is 17.0. The highest BCUT2D eigenvalue weighted by molar-refractivity contribution is 5.92. The van der Waals surface area contributed by atoms with Gasteiger partial charge in [0.05, 0.1) is 0 Å². The molecule has 1 aromatic carbocycles. The van der Waals surface area contributed by atoms with Crippen molar-refractivity contribution < 1.29 is 19.4 Å². The van der Waals surface area contributed by atoms with Gasteiger partial charge >= 0.3 is 12.0 Å². The molecule has 0 spiro atoms. The van der Waals surface area contributed by atoms with E-state index in [1.165, 1.54) is 5.56 Å². The van der Waals surface area contributed by atoms with Gasteiger partial charge in [0.2, 0.25) is 0 Å². The fraction of sp³-hybridized carbons (Fsp3) is 0.467. The number of ether oxygens (including phenoxy) is 1. The third-order valence-corrected chi connectivity index (χ3v) is 3.06. The molecule has 0 aliphatic rings. The molecular weight excluding hydrogens is 272 g/mol. The molecule has 0 saturated heterocycles. The summed E-state index contributed by atoms with van der Waals surface area (Å²) in [5, 5.41) is 14.1. The van der Waals surface area contributed by atoms with Gasteiger partial charge in [0, 0.05) is 19.4 Å². The van der Waals surface area contributed by atoms with Gasteiger partial charge in [-0.15, -0.1) is 0 Å². The van der Waals surface area contributed by atoms with Gasteiger partial charge < -0.3 is 20.5 Å². The van der Waals surface area contributed by atoms with E-state index in [9.17, 15) is 9.59 Å². The lowest BCUT2D eigenvalue weighted by Crippen LogP contribution is -2.43. The molecule has 21 heavy (non-hydrogen) atoms. The lowest BCUT2D eigenvalue weighted by Gasteiger charge is -2.15. The van der Waals surface area contributed by atoms with E-state index in [0.29, 0.717) is 25.1 Å². The molecule has 116 valence electrons. The number of rotatable bonds is 8. The maximum Gasteiger partial charge on any atom is 0.326 e. The summed E-state index contributed by atoms with van der Waals surface area (Å²) in [6, 6.07) is 5.98. The van der Waals surface area contributed by atoms with Crippen LogP contribution in [0.4, 0.5) is 10.5 Å². The third-order valence-electron chi connectivity index (χ3n) is 3.06. The Bertz CT molecular complexity index is 459. The number of anilines is 1. The Kier molecular flexibility index (Phi) is 7.25. The van der Waals surface area contributed by atoms with E-state index in [4.69, 9.17) is 9.84 Å². The van der Waals surface area contributed by atoms with Crippen molar-refractivity contribution in [3.8, 4) is 0 Å². The lowest BCUT2D eigenvalue weighted by atomic mass is 10.1. The fourth-order valence-electron chi connectivity index (χ4n) is 1.84. The molecule has 0 aliphatic heterocycles. The number of carboxylic acids is 1. The Labute approximate surface area is 124 Å². The van der Waals surface area contributed by atoms with Crippen LogP contribution in [0.15, 0.2) is 24.3 Å². The maximum atomic E-state index is 11.8. The van der Waals surface area contributed by atoms with Gasteiger partial charge in [-0.3, -0.25) is 0 Å². The van der Waals surface area contributed by atoms with Crippen molar-refractivity contribution in [1.29, 1.82) is 0 Å². The summed E-state index contributed by atoms with van der Waals surface area (Å²) in [7, 11) is 1.55. The van der Waals surface area contributed by atoms with Crippen molar-refractivity contribution in [2.24, 2.45) is 0 Å². The van der Waals surface area contributed by atoms with Crippen molar-refractivity contribution in [1.82, 2.24) is 5.32 Å². The van der Waals surface area contributed by atoms with E-state index in [2.05, 4.69) is 10.6 Å². The highest BCUT2D eigenvalue weighted by Crippen LogP contribution is 2.10. The molecule has 0 radical (unpaired) electrons. The molecular formula is C15H22N2O4. The second-order valence-corrected chi connectivity index (χ2v) is 4.67. The predicted octanol–water partition coefficient (Wildman–Crippen LogP) is 2.25. The third kappa shape index (κ3) is 6.27. The zero-order chi connectivity index (χ0) is 15.7. The largest absolute Gasteiger partial charge is 0.480 e. The average molecular weight is 294 g/mol. The normalized spacial score (nSPS) is 11.7. The number of carbonyl (C=O) groups excluding carboxylic acids is 1. The number of methoxy groups -OCH3 is 1. The number of carboxylic acid groups (broad SMARTS) is 1. The standard InChI is InChI=1S/C15H22N2O4/c1-3-11-6-8-12(9-7-11)16-15(20)17-13(14(18)19)5-4-10-21-2/h6-9,13H,3-5,10H2,1-2H3,(H,18,19)(H2,16,17,20). The zero-order valence-electron chi connectivity index (χ0n) is 12.4. The Balaban J connectivity index is 2.50. The van der Waals surface area contributed by atoms with Crippen LogP contribution in [0.1, 0.15) is 25.3 Å². The summed E-state index contributed by atoms with van der Waals surface area (Å²) in [4.78, 5) is 22.9. The minimum Gasteiger partial charge on any atom is -0.480 e. The molecule has 1 unspecified atom stereocenters. The van der Waals surface area contributed by atoms with Crippen molar-refractivity contribution in [3.05, 3.63) is 29.8 Å². The molecule has 0 bridgehead atoms. The minimum atomic E-state index is -1.05. The van der Waals surface area contributed by atoms with Crippen molar-refractivity contribution >= 4 is 17.7 Å². The van der Waals surface area contributed by atoms with Crippen LogP contribution in [0.3, 0.4) is 0 Å². The van der Waals surface area contributed by atoms with Gasteiger partial charge in [-0.2, -0.15) is 0 Å². The van der Waals surface area contributed by atoms with Gasteiger partial charge in [0.15, 0.2) is 0 Å². The van der Waals surface area contributed by atoms with E-state index in [1.54, 1.807) is 19.2 Å². The maximum absolute atomic E-state index is 11.8. The van der Waals surface area contributed by atoms with Crippen molar-refractivity contribution in [2.75, 3.05) is 19.0 Å². The quantitative estimate of drug-likeness (QED) is 0.642. The van der Waals surface area contributed by atoms with Crippen LogP contribution in [-0.4, -0.2) is 36.9 Å². The Morgan fingerprint density at radius 1 is 1.29 bits per heavy atom. The lowest BCUT2D eigenvalue weighted by molar-refractivity contribution is -0.139. The molecule has 0 fully saturated rings. The zero-order valence-corrected chi connectivity index (χ0v) is 12.4. The van der Waals surface area contributed by atoms with Gasteiger partial charge in [0.1, 0.15) is 6.04 Å². The number of hydrogen-bond donors (Lipinski definition) is 3. The SMILES string of the molecule is CCc1ccc(NC(=O)NC(CCCOC)C(=O)O)cc1. The number of aryl methyl sites for hydroxylation is 1. The molecule has 1 atom stereocenters. The number of benzene rings is 1. The average Bonchev–Trinajstić information content (AvgIpc) is 2.47. The smallest absolute Gasteiger partial charge is 0.326 e. The van der Waals surface area contributed by atoms with Crippen LogP contribution in [-0.2, 0) is 16.0 Å². The number of aliphatic carboxylic acids is 1. The summed E-state index contributed by atoms with van der Waals surface area (Å²) in [6.45, 7) is 2.51. The monoisotopic (exact) mass is 294 g/mol. The summed E-state index contributed by atoms with van der Waals surface area (Å²) in [5.74, 6) is -1.05. The molecule has 0 heterocycles. The first-order chi connectivity index (χ1) is 10.1. The van der Waals surface area contributed by atoms with Crippen molar-refractivity contribution in [2.45, 2.75) is 32.2 Å². The summed E-state index contributed by atoms with van der Waals surface area (Å²) >= 11 is 0. The van der Waals surface area contributed by atoms with Crippen LogP contribution >= 0.6 is 0 Å². The highest BCUT2D eigenvalue weighted by atomic mass is 16.5. The Morgan fingerprint density at radius 2 is 1.95 bits per heavy atom. The number of urea groups is 1. The fourth-order valence-corrected chi connectivity index (χ4v) is 1.84. The molecule has 3 N–H and O–H groups in total. The summed E-state index contributed by atoms with van der Waals surface area (Å²) < 4.78 is 4.87. The second-order valence-electron chi connectivity index (χ2n) is 4.67. The second kappa shape index (κ2) is 8.97.